The number of rotatable bonds is 5. The zero-order valence-corrected chi connectivity index (χ0v) is 12.5. The van der Waals surface area contributed by atoms with Crippen LogP contribution >= 0.6 is 0 Å². The fraction of sp³-hybridized carbons (Fsp3) is 0.438. The SMILES string of the molecule is CCC(C)NC(=NC)NCCc1c[nH]c2ccccc12. The Balaban J connectivity index is 1.89. The van der Waals surface area contributed by atoms with Crippen molar-refractivity contribution in [1.82, 2.24) is 15.6 Å². The van der Waals surface area contributed by atoms with Crippen molar-refractivity contribution in [3.8, 4) is 0 Å². The molecule has 20 heavy (non-hydrogen) atoms. The molecule has 0 amide bonds. The number of nitrogens with one attached hydrogen (secondary N) is 3. The third-order valence-electron chi connectivity index (χ3n) is 3.58. The number of aliphatic imine (C=N–C) groups is 1. The van der Waals surface area contributed by atoms with E-state index in [0.29, 0.717) is 6.04 Å². The van der Waals surface area contributed by atoms with E-state index < -0.39 is 0 Å². The van der Waals surface area contributed by atoms with Crippen molar-refractivity contribution in [3.63, 3.8) is 0 Å². The predicted molar refractivity (Wildman–Crippen MR) is 86.3 cm³/mol. The predicted octanol–water partition coefficient (Wildman–Crippen LogP) is 2.67. The van der Waals surface area contributed by atoms with Gasteiger partial charge in [-0.3, -0.25) is 4.99 Å². The van der Waals surface area contributed by atoms with Gasteiger partial charge in [0.05, 0.1) is 0 Å². The van der Waals surface area contributed by atoms with E-state index in [-0.39, 0.29) is 0 Å². The van der Waals surface area contributed by atoms with Crippen molar-refractivity contribution in [2.75, 3.05) is 13.6 Å². The highest BCUT2D eigenvalue weighted by Crippen LogP contribution is 2.17. The first-order valence-electron chi connectivity index (χ1n) is 7.26. The first-order chi connectivity index (χ1) is 9.74. The Morgan fingerprint density at radius 3 is 2.90 bits per heavy atom. The van der Waals surface area contributed by atoms with Crippen molar-refractivity contribution < 1.29 is 0 Å². The van der Waals surface area contributed by atoms with Crippen molar-refractivity contribution in [1.29, 1.82) is 0 Å². The topological polar surface area (TPSA) is 52.2 Å². The summed E-state index contributed by atoms with van der Waals surface area (Å²) in [7, 11) is 1.81. The summed E-state index contributed by atoms with van der Waals surface area (Å²) in [5.74, 6) is 0.874. The molecule has 1 atom stereocenters. The zero-order chi connectivity index (χ0) is 14.4. The molecule has 0 aliphatic heterocycles. The average molecular weight is 272 g/mol. The van der Waals surface area contributed by atoms with Crippen LogP contribution in [0.2, 0.25) is 0 Å². The fourth-order valence-electron chi connectivity index (χ4n) is 2.18. The average Bonchev–Trinajstić information content (AvgIpc) is 2.89. The minimum Gasteiger partial charge on any atom is -0.361 e. The van der Waals surface area contributed by atoms with Gasteiger partial charge >= 0.3 is 0 Å². The summed E-state index contributed by atoms with van der Waals surface area (Å²) in [5.41, 5.74) is 2.54. The molecule has 0 fully saturated rings. The highest BCUT2D eigenvalue weighted by Gasteiger charge is 2.04. The van der Waals surface area contributed by atoms with E-state index in [1.54, 1.807) is 0 Å². The second-order valence-electron chi connectivity index (χ2n) is 5.06. The van der Waals surface area contributed by atoms with Crippen LogP contribution in [0.1, 0.15) is 25.8 Å². The summed E-state index contributed by atoms with van der Waals surface area (Å²) in [5, 5.41) is 8.03. The maximum atomic E-state index is 4.24. The summed E-state index contributed by atoms with van der Waals surface area (Å²) in [6.07, 6.45) is 4.16. The van der Waals surface area contributed by atoms with E-state index in [1.165, 1.54) is 16.5 Å². The van der Waals surface area contributed by atoms with Gasteiger partial charge < -0.3 is 15.6 Å². The highest BCUT2D eigenvalue weighted by atomic mass is 15.2. The van der Waals surface area contributed by atoms with Crippen LogP contribution in [0.25, 0.3) is 10.9 Å². The van der Waals surface area contributed by atoms with Crippen LogP contribution in [-0.2, 0) is 6.42 Å². The summed E-state index contributed by atoms with van der Waals surface area (Å²) in [6.45, 7) is 5.20. The minimum atomic E-state index is 0.439. The quantitative estimate of drug-likeness (QED) is 0.579. The number of benzene rings is 1. The molecule has 4 heteroatoms. The maximum Gasteiger partial charge on any atom is 0.191 e. The normalized spacial score (nSPS) is 13.4. The molecule has 0 aliphatic carbocycles. The highest BCUT2D eigenvalue weighted by molar-refractivity contribution is 5.83. The lowest BCUT2D eigenvalue weighted by Crippen LogP contribution is -2.42. The Bertz CT molecular complexity index is 571. The number of fused-ring (bicyclic) bond motifs is 1. The third kappa shape index (κ3) is 3.53. The molecule has 108 valence electrons. The monoisotopic (exact) mass is 272 g/mol. The first kappa shape index (κ1) is 14.4. The van der Waals surface area contributed by atoms with Gasteiger partial charge in [-0.05, 0) is 31.4 Å². The van der Waals surface area contributed by atoms with Crippen LogP contribution in [-0.4, -0.2) is 30.6 Å². The molecular formula is C16H24N4. The lowest BCUT2D eigenvalue weighted by molar-refractivity contribution is 0.624. The Morgan fingerprint density at radius 2 is 2.15 bits per heavy atom. The van der Waals surface area contributed by atoms with Gasteiger partial charge in [0, 0.05) is 36.7 Å². The molecular weight excluding hydrogens is 248 g/mol. The molecule has 1 aromatic heterocycles. The molecule has 3 N–H and O–H groups in total. The summed E-state index contributed by atoms with van der Waals surface area (Å²) in [4.78, 5) is 7.55. The molecule has 2 aromatic rings. The van der Waals surface area contributed by atoms with Gasteiger partial charge in [-0.1, -0.05) is 25.1 Å². The van der Waals surface area contributed by atoms with Gasteiger partial charge in [0.25, 0.3) is 0 Å². The largest absolute Gasteiger partial charge is 0.361 e. The van der Waals surface area contributed by atoms with E-state index >= 15 is 0 Å². The molecule has 1 aromatic carbocycles. The lowest BCUT2D eigenvalue weighted by Gasteiger charge is -2.16. The number of aromatic nitrogens is 1. The molecule has 1 unspecified atom stereocenters. The standard InChI is InChI=1S/C16H24N4/c1-4-12(2)20-16(17-3)18-10-9-13-11-19-15-8-6-5-7-14(13)15/h5-8,11-12,19H,4,9-10H2,1-3H3,(H2,17,18,20). The molecule has 1 heterocycles. The van der Waals surface area contributed by atoms with E-state index in [1.807, 2.05) is 7.05 Å². The molecule has 2 rings (SSSR count). The molecule has 0 bridgehead atoms. The minimum absolute atomic E-state index is 0.439. The Morgan fingerprint density at radius 1 is 1.35 bits per heavy atom. The van der Waals surface area contributed by atoms with Gasteiger partial charge in [-0.25, -0.2) is 0 Å². The van der Waals surface area contributed by atoms with Crippen LogP contribution in [0.15, 0.2) is 35.5 Å². The van der Waals surface area contributed by atoms with Crippen LogP contribution in [0, 0.1) is 0 Å². The number of para-hydroxylation sites is 1. The second kappa shape index (κ2) is 6.98. The summed E-state index contributed by atoms with van der Waals surface area (Å²) in [6, 6.07) is 8.84. The molecule has 0 spiro atoms. The van der Waals surface area contributed by atoms with Gasteiger partial charge in [0.1, 0.15) is 0 Å². The molecule has 0 aliphatic rings. The second-order valence-corrected chi connectivity index (χ2v) is 5.06. The Labute approximate surface area is 120 Å². The molecule has 4 nitrogen and oxygen atoms in total. The van der Waals surface area contributed by atoms with Crippen LogP contribution < -0.4 is 10.6 Å². The Hall–Kier alpha value is -1.97. The van der Waals surface area contributed by atoms with Crippen molar-refractivity contribution in [3.05, 3.63) is 36.0 Å². The molecule has 0 saturated carbocycles. The fourth-order valence-corrected chi connectivity index (χ4v) is 2.18. The number of hydrogen-bond acceptors (Lipinski definition) is 1. The van der Waals surface area contributed by atoms with Crippen LogP contribution in [0.5, 0.6) is 0 Å². The van der Waals surface area contributed by atoms with Crippen molar-refractivity contribution in [2.45, 2.75) is 32.7 Å². The van der Waals surface area contributed by atoms with E-state index in [4.69, 9.17) is 0 Å². The van der Waals surface area contributed by atoms with Gasteiger partial charge in [-0.2, -0.15) is 0 Å². The number of aromatic amines is 1. The number of H-pyrrole nitrogens is 1. The van der Waals surface area contributed by atoms with E-state index in [2.05, 4.69) is 64.9 Å². The number of hydrogen-bond donors (Lipinski definition) is 3. The smallest absolute Gasteiger partial charge is 0.191 e. The van der Waals surface area contributed by atoms with Gasteiger partial charge in [-0.15, -0.1) is 0 Å². The number of guanidine groups is 1. The summed E-state index contributed by atoms with van der Waals surface area (Å²) >= 11 is 0. The number of nitrogens with zero attached hydrogens (tertiary/aromatic N) is 1. The van der Waals surface area contributed by atoms with Crippen LogP contribution in [0.4, 0.5) is 0 Å². The summed E-state index contributed by atoms with van der Waals surface area (Å²) < 4.78 is 0. The van der Waals surface area contributed by atoms with Gasteiger partial charge in [0.15, 0.2) is 5.96 Å². The molecule has 0 radical (unpaired) electrons. The van der Waals surface area contributed by atoms with E-state index in [0.717, 1.165) is 25.3 Å². The lowest BCUT2D eigenvalue weighted by atomic mass is 10.1. The van der Waals surface area contributed by atoms with Crippen molar-refractivity contribution >= 4 is 16.9 Å². The van der Waals surface area contributed by atoms with Gasteiger partial charge in [0.2, 0.25) is 0 Å². The maximum absolute atomic E-state index is 4.24. The molecule has 0 saturated heterocycles. The van der Waals surface area contributed by atoms with Crippen molar-refractivity contribution in [2.24, 2.45) is 4.99 Å². The zero-order valence-electron chi connectivity index (χ0n) is 12.5. The van der Waals surface area contributed by atoms with E-state index in [9.17, 15) is 0 Å². The third-order valence-corrected chi connectivity index (χ3v) is 3.58. The Kier molecular flexibility index (Phi) is 5.04. The first-order valence-corrected chi connectivity index (χ1v) is 7.26. The van der Waals surface area contributed by atoms with Crippen LogP contribution in [0.3, 0.4) is 0 Å².